The predicted octanol–water partition coefficient (Wildman–Crippen LogP) is 3.65. The molecule has 0 amide bonds. The topological polar surface area (TPSA) is 40.9 Å². The summed E-state index contributed by atoms with van der Waals surface area (Å²) in [5.74, 6) is -0.383. The maximum atomic E-state index is 13.8. The van der Waals surface area contributed by atoms with Crippen LogP contribution in [0.5, 0.6) is 0 Å². The van der Waals surface area contributed by atoms with Gasteiger partial charge < -0.3 is 0 Å². The van der Waals surface area contributed by atoms with Crippen LogP contribution < -0.4 is 0 Å². The number of nitrogens with zero attached hydrogens (tertiary/aromatic N) is 1. The molecule has 0 fully saturated rings. The van der Waals surface area contributed by atoms with E-state index in [0.717, 1.165) is 11.8 Å². The second kappa shape index (κ2) is 5.48. The molecule has 2 rings (SSSR count). The van der Waals surface area contributed by atoms with Crippen molar-refractivity contribution in [3.63, 3.8) is 0 Å². The molecule has 18 heavy (non-hydrogen) atoms. The maximum Gasteiger partial charge on any atom is 0.180 e. The van der Waals surface area contributed by atoms with Gasteiger partial charge in [0.15, 0.2) is 5.62 Å². The van der Waals surface area contributed by atoms with Gasteiger partial charge in [0, 0.05) is 10.5 Å². The minimum Gasteiger partial charge on any atom is -0.291 e. The summed E-state index contributed by atoms with van der Waals surface area (Å²) in [7, 11) is 0. The molecule has 0 unspecified atom stereocenters. The summed E-state index contributed by atoms with van der Waals surface area (Å²) in [5.41, 5.74) is 2.35. The van der Waals surface area contributed by atoms with Gasteiger partial charge >= 0.3 is 0 Å². The molecule has 0 aliphatic heterocycles. The van der Waals surface area contributed by atoms with Gasteiger partial charge in [0.2, 0.25) is 0 Å². The lowest BCUT2D eigenvalue weighted by Gasteiger charge is -2.04. The number of thioether (sulfide) groups is 1. The van der Waals surface area contributed by atoms with Crippen LogP contribution in [0.25, 0.3) is 11.1 Å². The van der Waals surface area contributed by atoms with Crippen LogP contribution in [0.2, 0.25) is 0 Å². The minimum atomic E-state index is -0.383. The number of benzene rings is 2. The number of rotatable bonds is 3. The molecule has 2 aromatic rings. The molecular weight excluding hydrogens is 249 g/mol. The third-order valence-corrected chi connectivity index (χ3v) is 3.07. The molecular formula is C14H8FNOS. The fourth-order valence-corrected chi connectivity index (χ4v) is 2.01. The molecule has 0 aliphatic carbocycles. The highest BCUT2D eigenvalue weighted by Crippen LogP contribution is 2.26. The summed E-state index contributed by atoms with van der Waals surface area (Å²) in [4.78, 5) is 10.9. The third kappa shape index (κ3) is 2.58. The molecule has 0 spiro atoms. The molecule has 0 saturated heterocycles. The van der Waals surface area contributed by atoms with Crippen molar-refractivity contribution in [2.75, 3.05) is 0 Å². The first kappa shape index (κ1) is 12.3. The first-order valence-corrected chi connectivity index (χ1v) is 6.03. The van der Waals surface area contributed by atoms with Crippen LogP contribution in [0.1, 0.15) is 5.56 Å². The standard InChI is InChI=1S/C14H8FNOS/c15-14-7-12(18-9-17)5-6-13(14)11-3-1-10(8-16)2-4-11/h1-7,9H. The Morgan fingerprint density at radius 1 is 1.17 bits per heavy atom. The van der Waals surface area contributed by atoms with Crippen LogP contribution >= 0.6 is 11.8 Å². The van der Waals surface area contributed by atoms with Crippen LogP contribution in [-0.2, 0) is 4.79 Å². The van der Waals surface area contributed by atoms with E-state index in [2.05, 4.69) is 0 Å². The molecule has 0 atom stereocenters. The fourth-order valence-electron chi connectivity index (χ4n) is 1.58. The molecule has 0 bridgehead atoms. The maximum absolute atomic E-state index is 13.8. The zero-order valence-electron chi connectivity index (χ0n) is 9.26. The molecule has 0 aromatic heterocycles. The van der Waals surface area contributed by atoms with E-state index in [1.54, 1.807) is 36.4 Å². The smallest absolute Gasteiger partial charge is 0.180 e. The summed E-state index contributed by atoms with van der Waals surface area (Å²) < 4.78 is 13.8. The van der Waals surface area contributed by atoms with E-state index < -0.39 is 0 Å². The largest absolute Gasteiger partial charge is 0.291 e. The van der Waals surface area contributed by atoms with Crippen LogP contribution in [0.3, 0.4) is 0 Å². The van der Waals surface area contributed by atoms with E-state index in [9.17, 15) is 9.18 Å². The molecule has 2 nitrogen and oxygen atoms in total. The molecule has 0 saturated carbocycles. The van der Waals surface area contributed by atoms with E-state index in [-0.39, 0.29) is 5.82 Å². The van der Waals surface area contributed by atoms with Crippen molar-refractivity contribution in [1.29, 1.82) is 5.26 Å². The quantitative estimate of drug-likeness (QED) is 0.622. The van der Waals surface area contributed by atoms with E-state index in [0.29, 0.717) is 27.2 Å². The van der Waals surface area contributed by atoms with Crippen molar-refractivity contribution in [2.24, 2.45) is 0 Å². The Morgan fingerprint density at radius 3 is 2.44 bits per heavy atom. The number of carbonyl (C=O) groups is 1. The van der Waals surface area contributed by atoms with Crippen molar-refractivity contribution in [3.05, 3.63) is 53.8 Å². The number of carbonyl (C=O) groups excluding carboxylic acids is 1. The first-order chi connectivity index (χ1) is 8.74. The minimum absolute atomic E-state index is 0.383. The van der Waals surface area contributed by atoms with E-state index in [1.165, 1.54) is 6.07 Å². The van der Waals surface area contributed by atoms with Gasteiger partial charge in [-0.3, -0.25) is 4.79 Å². The average molecular weight is 257 g/mol. The number of nitriles is 1. The van der Waals surface area contributed by atoms with Gasteiger partial charge in [-0.25, -0.2) is 4.39 Å². The highest BCUT2D eigenvalue weighted by atomic mass is 32.2. The normalized spacial score (nSPS) is 9.78. The van der Waals surface area contributed by atoms with Crippen LogP contribution in [0, 0.1) is 17.1 Å². The van der Waals surface area contributed by atoms with Crippen molar-refractivity contribution >= 4 is 17.4 Å². The zero-order valence-corrected chi connectivity index (χ0v) is 10.1. The summed E-state index contributed by atoms with van der Waals surface area (Å²) in [5, 5.41) is 8.69. The van der Waals surface area contributed by atoms with Crippen molar-refractivity contribution in [1.82, 2.24) is 0 Å². The predicted molar refractivity (Wildman–Crippen MR) is 69.2 cm³/mol. The lowest BCUT2D eigenvalue weighted by molar-refractivity contribution is 0.570. The molecule has 0 aliphatic rings. The second-order valence-corrected chi connectivity index (χ2v) is 4.44. The van der Waals surface area contributed by atoms with Crippen LogP contribution in [0.4, 0.5) is 4.39 Å². The molecule has 0 radical (unpaired) electrons. The van der Waals surface area contributed by atoms with Gasteiger partial charge in [0.1, 0.15) is 5.82 Å². The summed E-state index contributed by atoms with van der Waals surface area (Å²) in [6.07, 6.45) is 0. The Kier molecular flexibility index (Phi) is 3.75. The van der Waals surface area contributed by atoms with Crippen molar-refractivity contribution in [3.8, 4) is 17.2 Å². The third-order valence-electron chi connectivity index (χ3n) is 2.45. The van der Waals surface area contributed by atoms with Gasteiger partial charge in [-0.05, 0) is 29.8 Å². The number of hydrogen-bond acceptors (Lipinski definition) is 3. The molecule has 0 heterocycles. The summed E-state index contributed by atoms with van der Waals surface area (Å²) in [6.45, 7) is 0. The fraction of sp³-hybridized carbons (Fsp3) is 0. The number of halogens is 1. The number of hydrogen-bond donors (Lipinski definition) is 0. The summed E-state index contributed by atoms with van der Waals surface area (Å²) >= 11 is 0.936. The van der Waals surface area contributed by atoms with Crippen LogP contribution in [-0.4, -0.2) is 5.62 Å². The van der Waals surface area contributed by atoms with Crippen molar-refractivity contribution in [2.45, 2.75) is 4.90 Å². The second-order valence-electron chi connectivity index (χ2n) is 3.54. The lowest BCUT2D eigenvalue weighted by Crippen LogP contribution is -1.86. The first-order valence-electron chi connectivity index (χ1n) is 5.15. The van der Waals surface area contributed by atoms with Crippen LogP contribution in [0.15, 0.2) is 47.4 Å². The molecule has 2 aromatic carbocycles. The Bertz CT molecular complexity index is 617. The van der Waals surface area contributed by atoms with E-state index in [4.69, 9.17) is 5.26 Å². The Hall–Kier alpha value is -2.12. The summed E-state index contributed by atoms with van der Waals surface area (Å²) in [6, 6.07) is 13.3. The molecule has 4 heteroatoms. The highest BCUT2D eigenvalue weighted by molar-refractivity contribution is 8.11. The van der Waals surface area contributed by atoms with Gasteiger partial charge in [0.05, 0.1) is 11.6 Å². The van der Waals surface area contributed by atoms with E-state index in [1.807, 2.05) is 6.07 Å². The van der Waals surface area contributed by atoms with Gasteiger partial charge in [-0.1, -0.05) is 30.0 Å². The Balaban J connectivity index is 2.38. The van der Waals surface area contributed by atoms with Gasteiger partial charge in [-0.15, -0.1) is 0 Å². The highest BCUT2D eigenvalue weighted by Gasteiger charge is 2.06. The van der Waals surface area contributed by atoms with Gasteiger partial charge in [-0.2, -0.15) is 5.26 Å². The van der Waals surface area contributed by atoms with Gasteiger partial charge in [0.25, 0.3) is 0 Å². The SMILES string of the molecule is N#Cc1ccc(-c2ccc(SC=O)cc2F)cc1. The lowest BCUT2D eigenvalue weighted by atomic mass is 10.0. The average Bonchev–Trinajstić information content (AvgIpc) is 2.40. The zero-order chi connectivity index (χ0) is 13.0. The van der Waals surface area contributed by atoms with E-state index >= 15 is 0 Å². The Morgan fingerprint density at radius 2 is 1.89 bits per heavy atom. The molecule has 0 N–H and O–H groups in total. The molecule has 88 valence electrons. The Labute approximate surface area is 108 Å². The van der Waals surface area contributed by atoms with Crippen molar-refractivity contribution < 1.29 is 9.18 Å². The monoisotopic (exact) mass is 257 g/mol.